The third kappa shape index (κ3) is 2.99. The molecule has 0 amide bonds. The highest BCUT2D eigenvalue weighted by Gasteiger charge is 2.23. The van der Waals surface area contributed by atoms with Crippen LogP contribution >= 0.6 is 11.8 Å². The molecule has 20 heavy (non-hydrogen) atoms. The zero-order valence-electron chi connectivity index (χ0n) is 12.2. The van der Waals surface area contributed by atoms with Gasteiger partial charge >= 0.3 is 0 Å². The summed E-state index contributed by atoms with van der Waals surface area (Å²) in [5.74, 6) is 0. The van der Waals surface area contributed by atoms with Crippen molar-refractivity contribution in [3.63, 3.8) is 0 Å². The number of aromatic nitrogens is 1. The monoisotopic (exact) mass is 286 g/mol. The lowest BCUT2D eigenvalue weighted by Crippen LogP contribution is -2.26. The quantitative estimate of drug-likeness (QED) is 0.922. The molecule has 1 heterocycles. The molecule has 1 saturated carbocycles. The van der Waals surface area contributed by atoms with Crippen LogP contribution in [0.2, 0.25) is 0 Å². The normalized spacial score (nSPS) is 22.5. The van der Waals surface area contributed by atoms with Crippen molar-refractivity contribution in [3.8, 4) is 0 Å². The van der Waals surface area contributed by atoms with Gasteiger partial charge < -0.3 is 5.32 Å². The van der Waals surface area contributed by atoms with Crippen LogP contribution in [0.25, 0.3) is 10.9 Å². The number of hydrogen-bond acceptors (Lipinski definition) is 3. The van der Waals surface area contributed by atoms with Gasteiger partial charge in [-0.15, -0.1) is 0 Å². The molecule has 1 aromatic carbocycles. The van der Waals surface area contributed by atoms with Crippen LogP contribution in [-0.2, 0) is 6.54 Å². The number of benzene rings is 1. The van der Waals surface area contributed by atoms with Gasteiger partial charge in [0, 0.05) is 28.9 Å². The molecule has 2 nitrogen and oxygen atoms in total. The van der Waals surface area contributed by atoms with Gasteiger partial charge in [0.15, 0.2) is 0 Å². The van der Waals surface area contributed by atoms with Gasteiger partial charge in [-0.2, -0.15) is 11.8 Å². The topological polar surface area (TPSA) is 24.9 Å². The van der Waals surface area contributed by atoms with Gasteiger partial charge in [-0.1, -0.05) is 18.2 Å². The van der Waals surface area contributed by atoms with Gasteiger partial charge in [0.2, 0.25) is 0 Å². The van der Waals surface area contributed by atoms with Crippen LogP contribution in [0.4, 0.5) is 0 Å². The Kier molecular flexibility index (Phi) is 4.27. The Hall–Kier alpha value is -1.06. The fraction of sp³-hybridized carbons (Fsp3) is 0.471. The summed E-state index contributed by atoms with van der Waals surface area (Å²) in [6.07, 6.45) is 6.21. The SMILES string of the molecule is CSC1CCC(NCc2cc(C)nc3ccccc23)C1. The molecule has 0 radical (unpaired) electrons. The molecule has 106 valence electrons. The average Bonchev–Trinajstić information content (AvgIpc) is 2.92. The number of pyridine rings is 1. The van der Waals surface area contributed by atoms with Crippen molar-refractivity contribution >= 4 is 22.7 Å². The third-order valence-electron chi connectivity index (χ3n) is 4.23. The lowest BCUT2D eigenvalue weighted by molar-refractivity contribution is 0.526. The predicted octanol–water partition coefficient (Wildman–Crippen LogP) is 3.92. The first-order valence-corrected chi connectivity index (χ1v) is 8.66. The van der Waals surface area contributed by atoms with Crippen LogP contribution in [0, 0.1) is 6.92 Å². The van der Waals surface area contributed by atoms with Gasteiger partial charge in [0.25, 0.3) is 0 Å². The minimum atomic E-state index is 0.680. The lowest BCUT2D eigenvalue weighted by atomic mass is 10.1. The summed E-state index contributed by atoms with van der Waals surface area (Å²) in [5, 5.41) is 5.87. The van der Waals surface area contributed by atoms with Crippen molar-refractivity contribution in [1.29, 1.82) is 0 Å². The zero-order valence-corrected chi connectivity index (χ0v) is 13.0. The van der Waals surface area contributed by atoms with E-state index in [2.05, 4.69) is 53.8 Å². The van der Waals surface area contributed by atoms with E-state index in [1.807, 2.05) is 11.8 Å². The predicted molar refractivity (Wildman–Crippen MR) is 88.3 cm³/mol. The summed E-state index contributed by atoms with van der Waals surface area (Å²) < 4.78 is 0. The number of hydrogen-bond donors (Lipinski definition) is 1. The van der Waals surface area contributed by atoms with Crippen molar-refractivity contribution in [2.45, 2.75) is 44.0 Å². The van der Waals surface area contributed by atoms with Crippen LogP contribution in [0.1, 0.15) is 30.5 Å². The van der Waals surface area contributed by atoms with Crippen LogP contribution in [0.15, 0.2) is 30.3 Å². The second-order valence-electron chi connectivity index (χ2n) is 5.69. The van der Waals surface area contributed by atoms with E-state index in [-0.39, 0.29) is 0 Å². The Labute approximate surface area is 125 Å². The summed E-state index contributed by atoms with van der Waals surface area (Å²) >= 11 is 2.01. The highest BCUT2D eigenvalue weighted by Crippen LogP contribution is 2.28. The molecule has 2 atom stereocenters. The standard InChI is InChI=1S/C17H22N2S/c1-12-9-13(16-5-3-4-6-17(16)19-12)11-18-14-7-8-15(10-14)20-2/h3-6,9,14-15,18H,7-8,10-11H2,1-2H3. The van der Waals surface area contributed by atoms with Crippen molar-refractivity contribution in [2.75, 3.05) is 6.26 Å². The van der Waals surface area contributed by atoms with Crippen LogP contribution in [0.3, 0.4) is 0 Å². The van der Waals surface area contributed by atoms with Crippen molar-refractivity contribution in [2.24, 2.45) is 0 Å². The van der Waals surface area contributed by atoms with Gasteiger partial charge in [0.1, 0.15) is 0 Å². The molecular weight excluding hydrogens is 264 g/mol. The van der Waals surface area contributed by atoms with E-state index in [1.165, 1.54) is 30.2 Å². The fourth-order valence-corrected chi connectivity index (χ4v) is 3.93. The Morgan fingerprint density at radius 3 is 2.95 bits per heavy atom. The molecule has 0 spiro atoms. The summed E-state index contributed by atoms with van der Waals surface area (Å²) in [7, 11) is 0. The minimum absolute atomic E-state index is 0.680. The van der Waals surface area contributed by atoms with E-state index in [4.69, 9.17) is 0 Å². The molecule has 1 fully saturated rings. The van der Waals surface area contributed by atoms with E-state index in [0.717, 1.165) is 23.0 Å². The summed E-state index contributed by atoms with van der Waals surface area (Å²) in [6, 6.07) is 11.3. The highest BCUT2D eigenvalue weighted by molar-refractivity contribution is 7.99. The summed E-state index contributed by atoms with van der Waals surface area (Å²) in [5.41, 5.74) is 3.59. The number of nitrogens with one attached hydrogen (secondary N) is 1. The van der Waals surface area contributed by atoms with E-state index >= 15 is 0 Å². The number of aryl methyl sites for hydroxylation is 1. The first-order valence-electron chi connectivity index (χ1n) is 7.37. The van der Waals surface area contributed by atoms with Crippen molar-refractivity contribution in [3.05, 3.63) is 41.6 Å². The number of thioether (sulfide) groups is 1. The molecule has 0 aliphatic heterocycles. The maximum Gasteiger partial charge on any atom is 0.0708 e. The summed E-state index contributed by atoms with van der Waals surface area (Å²) in [6.45, 7) is 3.03. The zero-order chi connectivity index (χ0) is 13.9. The third-order valence-corrected chi connectivity index (χ3v) is 5.32. The number of para-hydroxylation sites is 1. The molecule has 2 unspecified atom stereocenters. The largest absolute Gasteiger partial charge is 0.310 e. The van der Waals surface area contributed by atoms with Gasteiger partial charge in [0.05, 0.1) is 5.52 Å². The van der Waals surface area contributed by atoms with Gasteiger partial charge in [-0.25, -0.2) is 0 Å². The summed E-state index contributed by atoms with van der Waals surface area (Å²) in [4.78, 5) is 4.61. The number of fused-ring (bicyclic) bond motifs is 1. The van der Waals surface area contributed by atoms with E-state index in [9.17, 15) is 0 Å². The molecule has 3 rings (SSSR count). The maximum atomic E-state index is 4.61. The van der Waals surface area contributed by atoms with E-state index in [0.29, 0.717) is 6.04 Å². The molecular formula is C17H22N2S. The van der Waals surface area contributed by atoms with Crippen LogP contribution < -0.4 is 5.32 Å². The molecule has 1 aliphatic rings. The van der Waals surface area contributed by atoms with Crippen molar-refractivity contribution in [1.82, 2.24) is 10.3 Å². The average molecular weight is 286 g/mol. The first kappa shape index (κ1) is 13.9. The molecule has 2 aromatic rings. The number of nitrogens with zero attached hydrogens (tertiary/aromatic N) is 1. The Bertz CT molecular complexity index is 597. The van der Waals surface area contributed by atoms with Gasteiger partial charge in [-0.3, -0.25) is 4.98 Å². The lowest BCUT2D eigenvalue weighted by Gasteiger charge is -2.14. The van der Waals surface area contributed by atoms with E-state index in [1.54, 1.807) is 0 Å². The van der Waals surface area contributed by atoms with Gasteiger partial charge in [-0.05, 0) is 50.1 Å². The Morgan fingerprint density at radius 1 is 1.30 bits per heavy atom. The van der Waals surface area contributed by atoms with Crippen LogP contribution in [-0.4, -0.2) is 22.5 Å². The smallest absolute Gasteiger partial charge is 0.0708 e. The Morgan fingerprint density at radius 2 is 2.15 bits per heavy atom. The second kappa shape index (κ2) is 6.15. The molecule has 0 bridgehead atoms. The van der Waals surface area contributed by atoms with Crippen LogP contribution in [0.5, 0.6) is 0 Å². The molecule has 1 aliphatic carbocycles. The van der Waals surface area contributed by atoms with Crippen molar-refractivity contribution < 1.29 is 0 Å². The second-order valence-corrected chi connectivity index (χ2v) is 6.83. The molecule has 0 saturated heterocycles. The molecule has 1 N–H and O–H groups in total. The number of rotatable bonds is 4. The first-order chi connectivity index (χ1) is 9.76. The highest BCUT2D eigenvalue weighted by atomic mass is 32.2. The van der Waals surface area contributed by atoms with E-state index < -0.39 is 0 Å². The fourth-order valence-electron chi connectivity index (χ4n) is 3.13. The Balaban J connectivity index is 1.74. The minimum Gasteiger partial charge on any atom is -0.310 e. The molecule has 1 aromatic heterocycles. The molecule has 3 heteroatoms. The maximum absolute atomic E-state index is 4.61.